The van der Waals surface area contributed by atoms with E-state index in [2.05, 4.69) is 54.6 Å². The third-order valence-electron chi connectivity index (χ3n) is 4.23. The molecule has 0 aliphatic heterocycles. The minimum absolute atomic E-state index is 0.575. The standard InChI is InChI=1S/C17H23Br/c1-4-5-13(3)17-11-15(18)8-9-16(17)14-7-6-12(2)10-14/h4,8-9,11-14H,1,5-7,10H2,2-3H3. The number of allylic oxidation sites excluding steroid dienone is 1. The van der Waals surface area contributed by atoms with Crippen LogP contribution in [0.3, 0.4) is 0 Å². The molecule has 0 amide bonds. The predicted octanol–water partition coefficient (Wildman–Crippen LogP) is 6.03. The highest BCUT2D eigenvalue weighted by molar-refractivity contribution is 9.10. The smallest absolute Gasteiger partial charge is 0.0178 e. The van der Waals surface area contributed by atoms with Gasteiger partial charge >= 0.3 is 0 Å². The average molecular weight is 307 g/mol. The van der Waals surface area contributed by atoms with Gasteiger partial charge in [-0.05, 0) is 60.3 Å². The number of hydrogen-bond acceptors (Lipinski definition) is 0. The first kappa shape index (κ1) is 13.9. The van der Waals surface area contributed by atoms with Gasteiger partial charge in [-0.25, -0.2) is 0 Å². The van der Waals surface area contributed by atoms with Gasteiger partial charge in [0.05, 0.1) is 0 Å². The monoisotopic (exact) mass is 306 g/mol. The summed E-state index contributed by atoms with van der Waals surface area (Å²) in [5.74, 6) is 2.24. The van der Waals surface area contributed by atoms with E-state index in [1.807, 2.05) is 6.08 Å². The molecular weight excluding hydrogens is 284 g/mol. The molecule has 3 atom stereocenters. The fourth-order valence-electron chi connectivity index (χ4n) is 3.21. The summed E-state index contributed by atoms with van der Waals surface area (Å²) in [5.41, 5.74) is 3.10. The van der Waals surface area contributed by atoms with E-state index in [1.54, 1.807) is 5.56 Å². The Labute approximate surface area is 120 Å². The second-order valence-electron chi connectivity index (χ2n) is 5.81. The summed E-state index contributed by atoms with van der Waals surface area (Å²) in [6.07, 6.45) is 7.19. The van der Waals surface area contributed by atoms with Crippen LogP contribution in [0, 0.1) is 5.92 Å². The fraction of sp³-hybridized carbons (Fsp3) is 0.529. The van der Waals surface area contributed by atoms with E-state index in [1.165, 1.54) is 29.3 Å². The first-order valence-electron chi connectivity index (χ1n) is 7.02. The largest absolute Gasteiger partial charge is 0.103 e. The molecule has 0 nitrogen and oxygen atoms in total. The molecule has 1 aromatic carbocycles. The van der Waals surface area contributed by atoms with Gasteiger partial charge < -0.3 is 0 Å². The van der Waals surface area contributed by atoms with Crippen molar-refractivity contribution in [2.45, 2.75) is 51.4 Å². The third kappa shape index (κ3) is 3.06. The van der Waals surface area contributed by atoms with Crippen molar-refractivity contribution >= 4 is 15.9 Å². The molecule has 1 heteroatoms. The Kier molecular flexibility index (Phi) is 4.66. The van der Waals surface area contributed by atoms with E-state index in [0.717, 1.165) is 18.3 Å². The van der Waals surface area contributed by atoms with Crippen molar-refractivity contribution < 1.29 is 0 Å². The van der Waals surface area contributed by atoms with Crippen molar-refractivity contribution in [3.63, 3.8) is 0 Å². The highest BCUT2D eigenvalue weighted by Crippen LogP contribution is 2.41. The zero-order valence-electron chi connectivity index (χ0n) is 11.5. The molecule has 18 heavy (non-hydrogen) atoms. The van der Waals surface area contributed by atoms with Crippen molar-refractivity contribution in [1.29, 1.82) is 0 Å². The fourth-order valence-corrected chi connectivity index (χ4v) is 3.59. The van der Waals surface area contributed by atoms with Gasteiger partial charge in [-0.2, -0.15) is 0 Å². The average Bonchev–Trinajstić information content (AvgIpc) is 2.76. The minimum Gasteiger partial charge on any atom is -0.103 e. The molecular formula is C17H23Br. The molecule has 1 fully saturated rings. The summed E-state index contributed by atoms with van der Waals surface area (Å²) in [5, 5.41) is 0. The highest BCUT2D eigenvalue weighted by atomic mass is 79.9. The zero-order valence-corrected chi connectivity index (χ0v) is 13.0. The SMILES string of the molecule is C=CCC(C)c1cc(Br)ccc1C1CCC(C)C1. The van der Waals surface area contributed by atoms with Crippen LogP contribution in [-0.2, 0) is 0 Å². The summed E-state index contributed by atoms with van der Waals surface area (Å²) >= 11 is 3.61. The van der Waals surface area contributed by atoms with E-state index in [0.29, 0.717) is 5.92 Å². The van der Waals surface area contributed by atoms with E-state index in [-0.39, 0.29) is 0 Å². The summed E-state index contributed by atoms with van der Waals surface area (Å²) < 4.78 is 1.20. The molecule has 1 aliphatic carbocycles. The van der Waals surface area contributed by atoms with Gasteiger partial charge in [0.1, 0.15) is 0 Å². The minimum atomic E-state index is 0.575. The first-order chi connectivity index (χ1) is 8.61. The second kappa shape index (κ2) is 6.06. The Morgan fingerprint density at radius 1 is 1.44 bits per heavy atom. The van der Waals surface area contributed by atoms with E-state index in [9.17, 15) is 0 Å². The van der Waals surface area contributed by atoms with Gasteiger partial charge in [0, 0.05) is 4.47 Å². The van der Waals surface area contributed by atoms with Crippen molar-refractivity contribution in [2.24, 2.45) is 5.92 Å². The summed E-state index contributed by atoms with van der Waals surface area (Å²) in [6, 6.07) is 6.84. The topological polar surface area (TPSA) is 0 Å². The Bertz CT molecular complexity index is 422. The van der Waals surface area contributed by atoms with Crippen molar-refractivity contribution in [3.8, 4) is 0 Å². The van der Waals surface area contributed by atoms with Crippen molar-refractivity contribution in [2.75, 3.05) is 0 Å². The van der Waals surface area contributed by atoms with Crippen LogP contribution in [0.1, 0.15) is 62.5 Å². The number of rotatable bonds is 4. The molecule has 0 radical (unpaired) electrons. The predicted molar refractivity (Wildman–Crippen MR) is 83.1 cm³/mol. The lowest BCUT2D eigenvalue weighted by Gasteiger charge is -2.20. The van der Waals surface area contributed by atoms with Crippen LogP contribution in [0.5, 0.6) is 0 Å². The lowest BCUT2D eigenvalue weighted by molar-refractivity contribution is 0.593. The number of hydrogen-bond donors (Lipinski definition) is 0. The maximum absolute atomic E-state index is 3.88. The van der Waals surface area contributed by atoms with Crippen LogP contribution < -0.4 is 0 Å². The van der Waals surface area contributed by atoms with Gasteiger partial charge in [-0.3, -0.25) is 0 Å². The molecule has 1 saturated carbocycles. The van der Waals surface area contributed by atoms with Crippen LogP contribution in [0.2, 0.25) is 0 Å². The second-order valence-corrected chi connectivity index (χ2v) is 6.73. The molecule has 0 bridgehead atoms. The van der Waals surface area contributed by atoms with E-state index in [4.69, 9.17) is 0 Å². The van der Waals surface area contributed by atoms with Crippen LogP contribution in [0.4, 0.5) is 0 Å². The molecule has 0 spiro atoms. The lowest BCUT2D eigenvalue weighted by atomic mass is 9.85. The summed E-state index contributed by atoms with van der Waals surface area (Å²) in [7, 11) is 0. The highest BCUT2D eigenvalue weighted by Gasteiger charge is 2.25. The van der Waals surface area contributed by atoms with Gasteiger partial charge in [0.25, 0.3) is 0 Å². The number of halogens is 1. The van der Waals surface area contributed by atoms with Gasteiger partial charge in [-0.15, -0.1) is 6.58 Å². The van der Waals surface area contributed by atoms with Crippen LogP contribution in [0.15, 0.2) is 35.3 Å². The Hall–Kier alpha value is -0.560. The van der Waals surface area contributed by atoms with Crippen molar-refractivity contribution in [1.82, 2.24) is 0 Å². The van der Waals surface area contributed by atoms with E-state index < -0.39 is 0 Å². The normalized spacial score (nSPS) is 25.1. The first-order valence-corrected chi connectivity index (χ1v) is 7.81. The molecule has 1 aromatic rings. The maximum Gasteiger partial charge on any atom is 0.0178 e. The van der Waals surface area contributed by atoms with Crippen LogP contribution >= 0.6 is 15.9 Å². The molecule has 98 valence electrons. The molecule has 1 aliphatic rings. The molecule has 0 N–H and O–H groups in total. The zero-order chi connectivity index (χ0) is 13.1. The van der Waals surface area contributed by atoms with Crippen LogP contribution in [0.25, 0.3) is 0 Å². The molecule has 0 heterocycles. The Morgan fingerprint density at radius 2 is 2.22 bits per heavy atom. The van der Waals surface area contributed by atoms with Crippen molar-refractivity contribution in [3.05, 3.63) is 46.5 Å². The molecule has 0 aromatic heterocycles. The van der Waals surface area contributed by atoms with Crippen LogP contribution in [-0.4, -0.2) is 0 Å². The summed E-state index contributed by atoms with van der Waals surface area (Å²) in [6.45, 7) is 8.57. The number of benzene rings is 1. The van der Waals surface area contributed by atoms with E-state index >= 15 is 0 Å². The molecule has 2 rings (SSSR count). The molecule has 3 unspecified atom stereocenters. The Morgan fingerprint density at radius 3 is 2.83 bits per heavy atom. The van der Waals surface area contributed by atoms with Gasteiger partial charge in [0.2, 0.25) is 0 Å². The van der Waals surface area contributed by atoms with Gasteiger partial charge in [0.15, 0.2) is 0 Å². The quantitative estimate of drug-likeness (QED) is 0.596. The third-order valence-corrected chi connectivity index (χ3v) is 4.73. The lowest BCUT2D eigenvalue weighted by Crippen LogP contribution is -2.03. The Balaban J connectivity index is 2.31. The molecule has 0 saturated heterocycles. The van der Waals surface area contributed by atoms with Gasteiger partial charge in [-0.1, -0.05) is 48.3 Å². The summed E-state index contributed by atoms with van der Waals surface area (Å²) in [4.78, 5) is 0. The maximum atomic E-state index is 3.88.